The van der Waals surface area contributed by atoms with Gasteiger partial charge in [-0.05, 0) is 48.4 Å². The first-order chi connectivity index (χ1) is 12.5. The van der Waals surface area contributed by atoms with E-state index in [1.54, 1.807) is 44.4 Å². The van der Waals surface area contributed by atoms with Gasteiger partial charge in [-0.25, -0.2) is 9.59 Å². The Hall–Kier alpha value is -3.34. The molecule has 0 saturated heterocycles. The van der Waals surface area contributed by atoms with Crippen LogP contribution >= 0.6 is 0 Å². The van der Waals surface area contributed by atoms with E-state index in [-0.39, 0.29) is 6.61 Å². The first kappa shape index (κ1) is 19.0. The van der Waals surface area contributed by atoms with E-state index in [2.05, 4.69) is 6.58 Å². The van der Waals surface area contributed by atoms with Crippen LogP contribution in [0.5, 0.6) is 11.5 Å². The maximum Gasteiger partial charge on any atom is 0.336 e. The molecule has 5 nitrogen and oxygen atoms in total. The van der Waals surface area contributed by atoms with Gasteiger partial charge in [0.2, 0.25) is 0 Å². The molecule has 0 radical (unpaired) electrons. The van der Waals surface area contributed by atoms with Gasteiger partial charge in [-0.1, -0.05) is 30.8 Å². The summed E-state index contributed by atoms with van der Waals surface area (Å²) in [6, 6.07) is 14.0. The normalized spacial score (nSPS) is 10.4. The van der Waals surface area contributed by atoms with E-state index in [0.29, 0.717) is 17.1 Å². The summed E-state index contributed by atoms with van der Waals surface area (Å²) in [7, 11) is 1.57. The summed E-state index contributed by atoms with van der Waals surface area (Å²) < 4.78 is 15.3. The molecule has 2 aromatic carbocycles. The Morgan fingerprint density at radius 1 is 1.00 bits per heavy atom. The molecule has 0 aromatic heterocycles. The smallest absolute Gasteiger partial charge is 0.336 e. The molecule has 26 heavy (non-hydrogen) atoms. The van der Waals surface area contributed by atoms with Crippen LogP contribution in [-0.2, 0) is 20.9 Å². The molecule has 0 atom stereocenters. The van der Waals surface area contributed by atoms with Crippen molar-refractivity contribution in [2.45, 2.75) is 13.5 Å². The standard InChI is InChI=1S/C21H20O5/c1-15(2)21(23)25-14-17-6-4-16(5-7-17)8-13-20(22)26-19-11-9-18(24-3)10-12-19/h4-13H,1,14H2,2-3H3/b13-8+. The van der Waals surface area contributed by atoms with Crippen molar-refractivity contribution in [3.8, 4) is 11.5 Å². The van der Waals surface area contributed by atoms with Gasteiger partial charge in [0.1, 0.15) is 18.1 Å². The van der Waals surface area contributed by atoms with E-state index in [4.69, 9.17) is 14.2 Å². The lowest BCUT2D eigenvalue weighted by molar-refractivity contribution is -0.140. The van der Waals surface area contributed by atoms with Gasteiger partial charge in [-0.3, -0.25) is 0 Å². The Bertz CT molecular complexity index is 801. The fourth-order valence-electron chi connectivity index (χ4n) is 1.96. The fraction of sp³-hybridized carbons (Fsp3) is 0.143. The Morgan fingerprint density at radius 3 is 2.19 bits per heavy atom. The monoisotopic (exact) mass is 352 g/mol. The highest BCUT2D eigenvalue weighted by Gasteiger charge is 2.04. The zero-order valence-corrected chi connectivity index (χ0v) is 14.7. The van der Waals surface area contributed by atoms with Crippen LogP contribution in [0.4, 0.5) is 0 Å². The summed E-state index contributed by atoms with van der Waals surface area (Å²) in [6.45, 7) is 5.30. The van der Waals surface area contributed by atoms with E-state index in [1.165, 1.54) is 6.08 Å². The number of rotatable bonds is 7. The molecule has 0 spiro atoms. The van der Waals surface area contributed by atoms with Crippen LogP contribution in [0.25, 0.3) is 6.08 Å². The van der Waals surface area contributed by atoms with Crippen molar-refractivity contribution in [1.82, 2.24) is 0 Å². The van der Waals surface area contributed by atoms with Gasteiger partial charge in [0.25, 0.3) is 0 Å². The Balaban J connectivity index is 1.87. The molecule has 0 aliphatic heterocycles. The van der Waals surface area contributed by atoms with Gasteiger partial charge >= 0.3 is 11.9 Å². The minimum Gasteiger partial charge on any atom is -0.497 e. The molecule has 0 bridgehead atoms. The van der Waals surface area contributed by atoms with Gasteiger partial charge in [-0.15, -0.1) is 0 Å². The van der Waals surface area contributed by atoms with Crippen LogP contribution in [0, 0.1) is 0 Å². The minimum atomic E-state index is -0.477. The topological polar surface area (TPSA) is 61.8 Å². The Labute approximate surface area is 152 Å². The molecular formula is C21H20O5. The predicted molar refractivity (Wildman–Crippen MR) is 98.7 cm³/mol. The van der Waals surface area contributed by atoms with Crippen molar-refractivity contribution in [1.29, 1.82) is 0 Å². The van der Waals surface area contributed by atoms with Crippen LogP contribution in [0.2, 0.25) is 0 Å². The van der Waals surface area contributed by atoms with Gasteiger partial charge in [0.15, 0.2) is 0 Å². The second kappa shape index (κ2) is 9.22. The molecule has 0 aliphatic rings. The second-order valence-electron chi connectivity index (χ2n) is 5.53. The average Bonchev–Trinajstić information content (AvgIpc) is 2.65. The molecule has 2 aromatic rings. The van der Waals surface area contributed by atoms with E-state index < -0.39 is 11.9 Å². The molecule has 0 aliphatic carbocycles. The maximum absolute atomic E-state index is 11.8. The third-order valence-electron chi connectivity index (χ3n) is 3.39. The SMILES string of the molecule is C=C(C)C(=O)OCc1ccc(/C=C/C(=O)Oc2ccc(OC)cc2)cc1. The zero-order valence-electron chi connectivity index (χ0n) is 14.7. The number of carbonyl (C=O) groups is 2. The third-order valence-corrected chi connectivity index (χ3v) is 3.39. The first-order valence-corrected chi connectivity index (χ1v) is 7.93. The lowest BCUT2D eigenvalue weighted by atomic mass is 10.1. The molecular weight excluding hydrogens is 332 g/mol. The average molecular weight is 352 g/mol. The highest BCUT2D eigenvalue weighted by atomic mass is 16.5. The minimum absolute atomic E-state index is 0.176. The van der Waals surface area contributed by atoms with E-state index >= 15 is 0 Å². The van der Waals surface area contributed by atoms with Gasteiger partial charge < -0.3 is 14.2 Å². The van der Waals surface area contributed by atoms with Crippen molar-refractivity contribution in [2.24, 2.45) is 0 Å². The molecule has 134 valence electrons. The molecule has 2 rings (SSSR count). The summed E-state index contributed by atoms with van der Waals surface area (Å²) in [5, 5.41) is 0. The predicted octanol–water partition coefficient (Wildman–Crippen LogP) is 3.93. The number of methoxy groups -OCH3 is 1. The zero-order chi connectivity index (χ0) is 18.9. The first-order valence-electron chi connectivity index (χ1n) is 7.93. The molecule has 0 N–H and O–H groups in total. The van der Waals surface area contributed by atoms with Crippen molar-refractivity contribution in [3.05, 3.63) is 77.9 Å². The van der Waals surface area contributed by atoms with Crippen molar-refractivity contribution >= 4 is 18.0 Å². The Morgan fingerprint density at radius 2 is 1.62 bits per heavy atom. The van der Waals surface area contributed by atoms with Crippen LogP contribution in [0.1, 0.15) is 18.1 Å². The summed E-state index contributed by atoms with van der Waals surface area (Å²) in [5.41, 5.74) is 2.03. The molecule has 0 heterocycles. The largest absolute Gasteiger partial charge is 0.497 e. The summed E-state index contributed by atoms with van der Waals surface area (Å²) >= 11 is 0. The number of hydrogen-bond acceptors (Lipinski definition) is 5. The highest BCUT2D eigenvalue weighted by molar-refractivity contribution is 5.88. The third kappa shape index (κ3) is 5.94. The molecule has 0 fully saturated rings. The van der Waals surface area contributed by atoms with Crippen LogP contribution in [-0.4, -0.2) is 19.0 Å². The fourth-order valence-corrected chi connectivity index (χ4v) is 1.96. The second-order valence-corrected chi connectivity index (χ2v) is 5.53. The van der Waals surface area contributed by atoms with Gasteiger partial charge in [0.05, 0.1) is 7.11 Å². The number of ether oxygens (including phenoxy) is 3. The van der Waals surface area contributed by atoms with Crippen molar-refractivity contribution in [2.75, 3.05) is 7.11 Å². The molecule has 0 amide bonds. The maximum atomic E-state index is 11.8. The Kier molecular flexibility index (Phi) is 6.74. The molecule has 0 saturated carbocycles. The number of benzene rings is 2. The van der Waals surface area contributed by atoms with E-state index in [1.807, 2.05) is 24.3 Å². The lowest BCUT2D eigenvalue weighted by Gasteiger charge is -2.05. The lowest BCUT2D eigenvalue weighted by Crippen LogP contribution is -2.04. The highest BCUT2D eigenvalue weighted by Crippen LogP contribution is 2.17. The van der Waals surface area contributed by atoms with Crippen molar-refractivity contribution in [3.63, 3.8) is 0 Å². The van der Waals surface area contributed by atoms with Gasteiger partial charge in [-0.2, -0.15) is 0 Å². The van der Waals surface area contributed by atoms with Crippen molar-refractivity contribution < 1.29 is 23.8 Å². The number of esters is 2. The van der Waals surface area contributed by atoms with Crippen LogP contribution < -0.4 is 9.47 Å². The molecule has 5 heteroatoms. The molecule has 0 unspecified atom stereocenters. The van der Waals surface area contributed by atoms with Crippen LogP contribution in [0.15, 0.2) is 66.8 Å². The van der Waals surface area contributed by atoms with E-state index in [0.717, 1.165) is 11.1 Å². The number of carbonyl (C=O) groups excluding carboxylic acids is 2. The number of hydrogen-bond donors (Lipinski definition) is 0. The summed E-state index contributed by atoms with van der Waals surface area (Å²) in [6.07, 6.45) is 3.00. The summed E-state index contributed by atoms with van der Waals surface area (Å²) in [5.74, 6) is 0.231. The quantitative estimate of drug-likeness (QED) is 0.429. The van der Waals surface area contributed by atoms with E-state index in [9.17, 15) is 9.59 Å². The summed E-state index contributed by atoms with van der Waals surface area (Å²) in [4.78, 5) is 23.2. The van der Waals surface area contributed by atoms with Gasteiger partial charge in [0, 0.05) is 11.6 Å². The van der Waals surface area contributed by atoms with Crippen LogP contribution in [0.3, 0.4) is 0 Å².